The molecule has 5 heteroatoms. The zero-order chi connectivity index (χ0) is 14.4. The number of thiophene rings is 1. The lowest BCUT2D eigenvalue weighted by Crippen LogP contribution is -3.18. The number of rotatable bonds is 7. The standard InChI is InChI=1S/C15H26N2O2S/c1-16-7-5-13(6-8-16)17(2)10-14(18)11-19-12-15-4-3-9-20-15/h3-4,9,13-14,18H,5-8,10-12H2,1-2H3/p+2/t14-/m1/s1. The Kier molecular flexibility index (Phi) is 6.45. The van der Waals surface area contributed by atoms with Crippen molar-refractivity contribution in [3.63, 3.8) is 0 Å². The van der Waals surface area contributed by atoms with Crippen LogP contribution >= 0.6 is 11.3 Å². The van der Waals surface area contributed by atoms with Crippen LogP contribution in [-0.4, -0.2) is 57.6 Å². The summed E-state index contributed by atoms with van der Waals surface area (Å²) in [5, 5.41) is 12.1. The van der Waals surface area contributed by atoms with E-state index in [-0.39, 0.29) is 6.10 Å². The molecule has 114 valence electrons. The lowest BCUT2D eigenvalue weighted by Gasteiger charge is -2.31. The van der Waals surface area contributed by atoms with Gasteiger partial charge in [0, 0.05) is 17.7 Å². The van der Waals surface area contributed by atoms with Crippen molar-refractivity contribution >= 4 is 11.3 Å². The first-order chi connectivity index (χ1) is 9.65. The Morgan fingerprint density at radius 3 is 2.90 bits per heavy atom. The van der Waals surface area contributed by atoms with E-state index in [9.17, 15) is 5.11 Å². The topological polar surface area (TPSA) is 38.3 Å². The fraction of sp³-hybridized carbons (Fsp3) is 0.733. The molecule has 0 radical (unpaired) electrons. The van der Waals surface area contributed by atoms with Gasteiger partial charge in [-0.05, 0) is 11.4 Å². The lowest BCUT2D eigenvalue weighted by molar-refractivity contribution is -0.941. The van der Waals surface area contributed by atoms with Crippen LogP contribution in [-0.2, 0) is 11.3 Å². The summed E-state index contributed by atoms with van der Waals surface area (Å²) in [5.41, 5.74) is 0. The Morgan fingerprint density at radius 2 is 2.25 bits per heavy atom. The molecule has 1 aliphatic heterocycles. The van der Waals surface area contributed by atoms with Crippen LogP contribution in [0.1, 0.15) is 17.7 Å². The van der Waals surface area contributed by atoms with E-state index in [1.807, 2.05) is 6.07 Å². The van der Waals surface area contributed by atoms with Crippen molar-refractivity contribution in [2.45, 2.75) is 31.6 Å². The minimum absolute atomic E-state index is 0.359. The molecule has 0 saturated carbocycles. The fourth-order valence-corrected chi connectivity index (χ4v) is 3.53. The van der Waals surface area contributed by atoms with Crippen LogP contribution in [0.2, 0.25) is 0 Å². The summed E-state index contributed by atoms with van der Waals surface area (Å²) in [7, 11) is 4.46. The average molecular weight is 300 g/mol. The van der Waals surface area contributed by atoms with Gasteiger partial charge in [0.25, 0.3) is 0 Å². The van der Waals surface area contributed by atoms with E-state index in [1.54, 1.807) is 16.2 Å². The van der Waals surface area contributed by atoms with Gasteiger partial charge in [-0.2, -0.15) is 0 Å². The Labute approximate surface area is 126 Å². The number of likely N-dealkylation sites (N-methyl/N-ethyl adjacent to an activating group) is 1. The summed E-state index contributed by atoms with van der Waals surface area (Å²) >= 11 is 1.70. The molecule has 1 fully saturated rings. The van der Waals surface area contributed by atoms with Gasteiger partial charge in [0.1, 0.15) is 12.6 Å². The quantitative estimate of drug-likeness (QED) is 0.593. The first kappa shape index (κ1) is 15.9. The van der Waals surface area contributed by atoms with Crippen LogP contribution in [0, 0.1) is 0 Å². The maximum Gasteiger partial charge on any atom is 0.126 e. The second-order valence-electron chi connectivity index (χ2n) is 6.03. The fourth-order valence-electron chi connectivity index (χ4n) is 2.89. The van der Waals surface area contributed by atoms with Crippen molar-refractivity contribution in [2.24, 2.45) is 0 Å². The number of piperidine rings is 1. The molecule has 1 aromatic heterocycles. The highest BCUT2D eigenvalue weighted by molar-refractivity contribution is 7.09. The summed E-state index contributed by atoms with van der Waals surface area (Å²) in [5.74, 6) is 0. The van der Waals surface area contributed by atoms with Crippen LogP contribution < -0.4 is 9.80 Å². The van der Waals surface area contributed by atoms with Crippen molar-refractivity contribution in [3.05, 3.63) is 22.4 Å². The molecule has 0 aromatic carbocycles. The van der Waals surface area contributed by atoms with Crippen molar-refractivity contribution in [2.75, 3.05) is 40.3 Å². The van der Waals surface area contributed by atoms with E-state index in [1.165, 1.54) is 35.7 Å². The molecule has 3 N–H and O–H groups in total. The van der Waals surface area contributed by atoms with Crippen molar-refractivity contribution in [3.8, 4) is 0 Å². The Hall–Kier alpha value is -0.460. The maximum atomic E-state index is 10.1. The minimum atomic E-state index is -0.359. The van der Waals surface area contributed by atoms with E-state index in [2.05, 4.69) is 25.5 Å². The highest BCUT2D eigenvalue weighted by Gasteiger charge is 2.27. The molecule has 0 amide bonds. The van der Waals surface area contributed by atoms with Gasteiger partial charge in [-0.25, -0.2) is 0 Å². The lowest BCUT2D eigenvalue weighted by atomic mass is 10.0. The smallest absolute Gasteiger partial charge is 0.126 e. The number of hydrogen-bond acceptors (Lipinski definition) is 3. The van der Waals surface area contributed by atoms with E-state index >= 15 is 0 Å². The number of likely N-dealkylation sites (tertiary alicyclic amines) is 1. The van der Waals surface area contributed by atoms with Crippen LogP contribution in [0.4, 0.5) is 0 Å². The third kappa shape index (κ3) is 5.14. The van der Waals surface area contributed by atoms with Crippen LogP contribution in [0.25, 0.3) is 0 Å². The predicted octanol–water partition coefficient (Wildman–Crippen LogP) is -1.18. The maximum absolute atomic E-state index is 10.1. The summed E-state index contributed by atoms with van der Waals surface area (Å²) < 4.78 is 5.59. The SMILES string of the molecule is C[NH+]1CCC([NH+](C)C[C@@H](O)COCc2cccs2)CC1. The Bertz CT molecular complexity index is 364. The number of aliphatic hydroxyl groups excluding tert-OH is 1. The van der Waals surface area contributed by atoms with Crippen molar-refractivity contribution < 1.29 is 19.6 Å². The molecule has 1 saturated heterocycles. The summed E-state index contributed by atoms with van der Waals surface area (Å²) in [6.07, 6.45) is 2.17. The van der Waals surface area contributed by atoms with Gasteiger partial charge in [-0.1, -0.05) is 6.07 Å². The Balaban J connectivity index is 1.62. The van der Waals surface area contributed by atoms with Gasteiger partial charge in [0.15, 0.2) is 0 Å². The molecule has 0 spiro atoms. The van der Waals surface area contributed by atoms with Gasteiger partial charge in [-0.15, -0.1) is 11.3 Å². The molecule has 2 rings (SSSR count). The van der Waals surface area contributed by atoms with Crippen molar-refractivity contribution in [1.82, 2.24) is 0 Å². The summed E-state index contributed by atoms with van der Waals surface area (Å²) in [4.78, 5) is 4.30. The molecule has 1 aliphatic rings. The molecular formula is C15H28N2O2S+2. The second-order valence-corrected chi connectivity index (χ2v) is 7.06. The van der Waals surface area contributed by atoms with Crippen LogP contribution in [0.3, 0.4) is 0 Å². The molecular weight excluding hydrogens is 272 g/mol. The zero-order valence-electron chi connectivity index (χ0n) is 12.6. The molecule has 4 nitrogen and oxygen atoms in total. The van der Waals surface area contributed by atoms with Crippen LogP contribution in [0.15, 0.2) is 17.5 Å². The minimum Gasteiger partial charge on any atom is -0.385 e. The van der Waals surface area contributed by atoms with Crippen LogP contribution in [0.5, 0.6) is 0 Å². The monoisotopic (exact) mass is 300 g/mol. The van der Waals surface area contributed by atoms with E-state index in [0.717, 1.165) is 6.54 Å². The molecule has 2 heterocycles. The van der Waals surface area contributed by atoms with E-state index in [0.29, 0.717) is 19.3 Å². The molecule has 20 heavy (non-hydrogen) atoms. The predicted molar refractivity (Wildman–Crippen MR) is 81.4 cm³/mol. The van der Waals surface area contributed by atoms with Gasteiger partial charge < -0.3 is 19.6 Å². The molecule has 1 unspecified atom stereocenters. The Morgan fingerprint density at radius 1 is 1.50 bits per heavy atom. The second kappa shape index (κ2) is 8.10. The van der Waals surface area contributed by atoms with Gasteiger partial charge in [0.2, 0.25) is 0 Å². The number of hydrogen-bond donors (Lipinski definition) is 3. The van der Waals surface area contributed by atoms with E-state index in [4.69, 9.17) is 4.74 Å². The molecule has 1 aromatic rings. The number of nitrogens with one attached hydrogen (secondary N) is 2. The number of aliphatic hydroxyl groups is 1. The number of quaternary nitrogens is 2. The normalized spacial score (nSPS) is 26.4. The first-order valence-electron chi connectivity index (χ1n) is 7.57. The summed E-state index contributed by atoms with van der Waals surface area (Å²) in [6, 6.07) is 4.79. The van der Waals surface area contributed by atoms with Crippen molar-refractivity contribution in [1.29, 1.82) is 0 Å². The molecule has 2 atom stereocenters. The van der Waals surface area contributed by atoms with Gasteiger partial charge in [0.05, 0.1) is 46.4 Å². The highest BCUT2D eigenvalue weighted by atomic mass is 32.1. The molecule has 0 aliphatic carbocycles. The average Bonchev–Trinajstić information content (AvgIpc) is 2.92. The zero-order valence-corrected chi connectivity index (χ0v) is 13.4. The largest absolute Gasteiger partial charge is 0.385 e. The third-order valence-electron chi connectivity index (χ3n) is 4.23. The van der Waals surface area contributed by atoms with E-state index < -0.39 is 0 Å². The van der Waals surface area contributed by atoms with Gasteiger partial charge >= 0.3 is 0 Å². The molecule has 0 bridgehead atoms. The van der Waals surface area contributed by atoms with Gasteiger partial charge in [-0.3, -0.25) is 0 Å². The number of ether oxygens (including phenoxy) is 1. The third-order valence-corrected chi connectivity index (χ3v) is 5.08. The first-order valence-corrected chi connectivity index (χ1v) is 8.45. The highest BCUT2D eigenvalue weighted by Crippen LogP contribution is 2.09. The summed E-state index contributed by atoms with van der Waals surface area (Å²) in [6.45, 7) is 4.35.